The number of aryl methyl sites for hydroxylation is 1. The SMILES string of the molecule is Cc1nnc(CNOCC(C)C)o1. The second-order valence-electron chi connectivity index (χ2n) is 3.24. The van der Waals surface area contributed by atoms with Gasteiger partial charge in [-0.3, -0.25) is 0 Å². The minimum Gasteiger partial charge on any atom is -0.424 e. The van der Waals surface area contributed by atoms with Gasteiger partial charge in [0.05, 0.1) is 13.2 Å². The van der Waals surface area contributed by atoms with Crippen LogP contribution in [0.5, 0.6) is 0 Å². The minimum absolute atomic E-state index is 0.452. The molecular formula is C8H15N3O2. The van der Waals surface area contributed by atoms with Gasteiger partial charge in [0.2, 0.25) is 11.8 Å². The topological polar surface area (TPSA) is 60.2 Å². The van der Waals surface area contributed by atoms with Crippen molar-refractivity contribution in [1.29, 1.82) is 0 Å². The number of nitrogens with zero attached hydrogens (tertiary/aromatic N) is 2. The summed E-state index contributed by atoms with van der Waals surface area (Å²) in [6.45, 7) is 7.04. The van der Waals surface area contributed by atoms with Crippen LogP contribution in [0, 0.1) is 12.8 Å². The first-order valence-electron chi connectivity index (χ1n) is 4.32. The van der Waals surface area contributed by atoms with Crippen LogP contribution in [0.1, 0.15) is 25.6 Å². The molecule has 5 heteroatoms. The van der Waals surface area contributed by atoms with E-state index in [-0.39, 0.29) is 0 Å². The van der Waals surface area contributed by atoms with Crippen LogP contribution in [0.15, 0.2) is 4.42 Å². The van der Waals surface area contributed by atoms with Crippen molar-refractivity contribution in [3.05, 3.63) is 11.8 Å². The summed E-state index contributed by atoms with van der Waals surface area (Å²) in [5, 5.41) is 7.49. The lowest BCUT2D eigenvalue weighted by molar-refractivity contribution is 0.0156. The van der Waals surface area contributed by atoms with Gasteiger partial charge in [-0.15, -0.1) is 10.2 Å². The first-order chi connectivity index (χ1) is 6.18. The Labute approximate surface area is 77.4 Å². The predicted octanol–water partition coefficient (Wildman–Crippen LogP) is 1.06. The van der Waals surface area contributed by atoms with Gasteiger partial charge in [0.25, 0.3) is 0 Å². The van der Waals surface area contributed by atoms with E-state index >= 15 is 0 Å². The van der Waals surface area contributed by atoms with E-state index in [0.29, 0.717) is 30.9 Å². The molecule has 0 fully saturated rings. The van der Waals surface area contributed by atoms with Crippen LogP contribution >= 0.6 is 0 Å². The van der Waals surface area contributed by atoms with Crippen molar-refractivity contribution in [2.24, 2.45) is 5.92 Å². The van der Waals surface area contributed by atoms with Crippen LogP contribution in [0.2, 0.25) is 0 Å². The fourth-order valence-corrected chi connectivity index (χ4v) is 0.747. The molecule has 5 nitrogen and oxygen atoms in total. The highest BCUT2D eigenvalue weighted by molar-refractivity contribution is 4.76. The van der Waals surface area contributed by atoms with Crippen LogP contribution in [0.4, 0.5) is 0 Å². The van der Waals surface area contributed by atoms with Crippen LogP contribution in [0.25, 0.3) is 0 Å². The number of aromatic nitrogens is 2. The molecular weight excluding hydrogens is 170 g/mol. The summed E-state index contributed by atoms with van der Waals surface area (Å²) in [4.78, 5) is 5.13. The minimum atomic E-state index is 0.452. The van der Waals surface area contributed by atoms with E-state index in [1.807, 2.05) is 0 Å². The van der Waals surface area contributed by atoms with Gasteiger partial charge >= 0.3 is 0 Å². The molecule has 1 heterocycles. The highest BCUT2D eigenvalue weighted by Crippen LogP contribution is 1.97. The molecule has 0 aliphatic rings. The van der Waals surface area contributed by atoms with Crippen molar-refractivity contribution < 1.29 is 9.25 Å². The smallest absolute Gasteiger partial charge is 0.232 e. The maximum atomic E-state index is 5.13. The van der Waals surface area contributed by atoms with Gasteiger partial charge in [-0.2, -0.15) is 5.48 Å². The van der Waals surface area contributed by atoms with Gasteiger partial charge in [-0.25, -0.2) is 0 Å². The second kappa shape index (κ2) is 4.94. The van der Waals surface area contributed by atoms with Crippen molar-refractivity contribution in [3.63, 3.8) is 0 Å². The molecule has 1 N–H and O–H groups in total. The maximum Gasteiger partial charge on any atom is 0.232 e. The third-order valence-electron chi connectivity index (χ3n) is 1.31. The lowest BCUT2D eigenvalue weighted by Gasteiger charge is -2.05. The third-order valence-corrected chi connectivity index (χ3v) is 1.31. The summed E-state index contributed by atoms with van der Waals surface area (Å²) in [6, 6.07) is 0. The lowest BCUT2D eigenvalue weighted by atomic mass is 10.2. The molecule has 0 saturated carbocycles. The molecule has 0 bridgehead atoms. The monoisotopic (exact) mass is 185 g/mol. The number of hydrogen-bond donors (Lipinski definition) is 1. The zero-order valence-corrected chi connectivity index (χ0v) is 8.20. The van der Waals surface area contributed by atoms with Gasteiger partial charge in [0.1, 0.15) is 0 Å². The van der Waals surface area contributed by atoms with Crippen LogP contribution in [0.3, 0.4) is 0 Å². The summed E-state index contributed by atoms with van der Waals surface area (Å²) >= 11 is 0. The zero-order chi connectivity index (χ0) is 9.68. The van der Waals surface area contributed by atoms with Gasteiger partial charge in [0.15, 0.2) is 0 Å². The van der Waals surface area contributed by atoms with E-state index in [1.54, 1.807) is 6.92 Å². The summed E-state index contributed by atoms with van der Waals surface area (Å²) < 4.78 is 5.13. The zero-order valence-electron chi connectivity index (χ0n) is 8.20. The van der Waals surface area contributed by atoms with E-state index < -0.39 is 0 Å². The number of rotatable bonds is 5. The second-order valence-corrected chi connectivity index (χ2v) is 3.24. The highest BCUT2D eigenvalue weighted by Gasteiger charge is 2.01. The third kappa shape index (κ3) is 4.00. The van der Waals surface area contributed by atoms with E-state index in [4.69, 9.17) is 9.25 Å². The summed E-state index contributed by atoms with van der Waals surface area (Å²) in [5.41, 5.74) is 2.75. The molecule has 0 spiro atoms. The van der Waals surface area contributed by atoms with Crippen molar-refractivity contribution in [2.45, 2.75) is 27.3 Å². The molecule has 0 aromatic carbocycles. The Bertz CT molecular complexity index is 247. The van der Waals surface area contributed by atoms with E-state index in [1.165, 1.54) is 0 Å². The average Bonchev–Trinajstić information content (AvgIpc) is 2.45. The molecule has 0 saturated heterocycles. The molecule has 0 aliphatic carbocycles. The predicted molar refractivity (Wildman–Crippen MR) is 46.7 cm³/mol. The fourth-order valence-electron chi connectivity index (χ4n) is 0.747. The van der Waals surface area contributed by atoms with E-state index in [9.17, 15) is 0 Å². The van der Waals surface area contributed by atoms with Gasteiger partial charge < -0.3 is 9.25 Å². The van der Waals surface area contributed by atoms with E-state index in [0.717, 1.165) is 0 Å². The Morgan fingerprint density at radius 2 is 2.23 bits per heavy atom. The number of nitrogens with one attached hydrogen (secondary N) is 1. The Morgan fingerprint density at radius 1 is 1.46 bits per heavy atom. The molecule has 74 valence electrons. The van der Waals surface area contributed by atoms with Crippen LogP contribution in [-0.4, -0.2) is 16.8 Å². The number of hydrogen-bond acceptors (Lipinski definition) is 5. The fraction of sp³-hybridized carbons (Fsp3) is 0.750. The molecule has 13 heavy (non-hydrogen) atoms. The molecule has 0 amide bonds. The Balaban J connectivity index is 2.13. The molecule has 1 rings (SSSR count). The van der Waals surface area contributed by atoms with Crippen molar-refractivity contribution in [1.82, 2.24) is 15.7 Å². The first-order valence-corrected chi connectivity index (χ1v) is 4.32. The van der Waals surface area contributed by atoms with Gasteiger partial charge in [-0.05, 0) is 5.92 Å². The normalized spacial score (nSPS) is 11.1. The Hall–Kier alpha value is -0.940. The van der Waals surface area contributed by atoms with Crippen LogP contribution in [-0.2, 0) is 11.4 Å². The Kier molecular flexibility index (Phi) is 3.85. The average molecular weight is 185 g/mol. The van der Waals surface area contributed by atoms with Crippen molar-refractivity contribution >= 4 is 0 Å². The van der Waals surface area contributed by atoms with Crippen LogP contribution < -0.4 is 5.48 Å². The largest absolute Gasteiger partial charge is 0.424 e. The van der Waals surface area contributed by atoms with Crippen molar-refractivity contribution in [2.75, 3.05) is 6.61 Å². The first kappa shape index (κ1) is 10.1. The van der Waals surface area contributed by atoms with Gasteiger partial charge in [-0.1, -0.05) is 13.8 Å². The molecule has 1 aromatic rings. The quantitative estimate of drug-likeness (QED) is 0.549. The summed E-state index contributed by atoms with van der Waals surface area (Å²) in [6.07, 6.45) is 0. The molecule has 1 aromatic heterocycles. The highest BCUT2D eigenvalue weighted by atomic mass is 16.6. The molecule has 0 aliphatic heterocycles. The standard InChI is InChI=1S/C8H15N3O2/c1-6(2)5-12-9-4-8-11-10-7(3)13-8/h6,9H,4-5H2,1-3H3. The Morgan fingerprint density at radius 3 is 2.77 bits per heavy atom. The van der Waals surface area contributed by atoms with E-state index in [2.05, 4.69) is 29.5 Å². The maximum absolute atomic E-state index is 5.13. The molecule has 0 radical (unpaired) electrons. The molecule has 0 unspecified atom stereocenters. The number of hydroxylamine groups is 1. The summed E-state index contributed by atoms with van der Waals surface area (Å²) in [5.74, 6) is 1.62. The lowest BCUT2D eigenvalue weighted by Crippen LogP contribution is -2.17. The van der Waals surface area contributed by atoms with Crippen molar-refractivity contribution in [3.8, 4) is 0 Å². The van der Waals surface area contributed by atoms with Gasteiger partial charge in [0, 0.05) is 6.92 Å². The summed E-state index contributed by atoms with van der Waals surface area (Å²) in [7, 11) is 0. The molecule has 0 atom stereocenters.